The van der Waals surface area contributed by atoms with Crippen LogP contribution in [0.2, 0.25) is 0 Å². The van der Waals surface area contributed by atoms with Crippen molar-refractivity contribution in [2.45, 2.75) is 45.4 Å². The molecular weight excluding hydrogens is 196 g/mol. The molecule has 0 radical (unpaired) electrons. The first-order valence-electron chi connectivity index (χ1n) is 6.55. The van der Waals surface area contributed by atoms with Gasteiger partial charge in [-0.05, 0) is 31.2 Å². The summed E-state index contributed by atoms with van der Waals surface area (Å²) >= 11 is 0. The van der Waals surface area contributed by atoms with E-state index in [9.17, 15) is 0 Å². The molecule has 0 spiro atoms. The summed E-state index contributed by atoms with van der Waals surface area (Å²) in [6, 6.07) is 10.7. The fourth-order valence-electron chi connectivity index (χ4n) is 1.73. The molecule has 0 aromatic heterocycles. The summed E-state index contributed by atoms with van der Waals surface area (Å²) in [6.45, 7) is 4.09. The zero-order valence-corrected chi connectivity index (χ0v) is 10.5. The molecule has 1 nitrogen and oxygen atoms in total. The van der Waals surface area contributed by atoms with E-state index < -0.39 is 0 Å². The van der Waals surface area contributed by atoms with E-state index in [1.54, 1.807) is 0 Å². The summed E-state index contributed by atoms with van der Waals surface area (Å²) in [5.74, 6) is 0. The van der Waals surface area contributed by atoms with Crippen LogP contribution in [-0.4, -0.2) is 13.2 Å². The fourth-order valence-corrected chi connectivity index (χ4v) is 1.73. The first-order chi connectivity index (χ1) is 7.93. The number of unbranched alkanes of at least 4 members (excludes halogenated alkanes) is 3. The van der Waals surface area contributed by atoms with Gasteiger partial charge < -0.3 is 4.74 Å². The largest absolute Gasteiger partial charge is 0.381 e. The van der Waals surface area contributed by atoms with Gasteiger partial charge in [0.15, 0.2) is 0 Å². The van der Waals surface area contributed by atoms with Crippen LogP contribution >= 0.6 is 0 Å². The number of ether oxygens (including phenoxy) is 1. The highest BCUT2D eigenvalue weighted by molar-refractivity contribution is 5.14. The highest BCUT2D eigenvalue weighted by Crippen LogP contribution is 2.04. The van der Waals surface area contributed by atoms with Crippen molar-refractivity contribution >= 4 is 0 Å². The van der Waals surface area contributed by atoms with Crippen molar-refractivity contribution < 1.29 is 4.74 Å². The minimum absolute atomic E-state index is 0.927. The Kier molecular flexibility index (Phi) is 7.79. The quantitative estimate of drug-likeness (QED) is 0.566. The van der Waals surface area contributed by atoms with Crippen LogP contribution in [0.15, 0.2) is 30.3 Å². The lowest BCUT2D eigenvalue weighted by Gasteiger charge is -2.04. The summed E-state index contributed by atoms with van der Waals surface area (Å²) in [7, 11) is 0. The van der Waals surface area contributed by atoms with E-state index in [0.717, 1.165) is 13.2 Å². The van der Waals surface area contributed by atoms with Gasteiger partial charge in [-0.3, -0.25) is 0 Å². The van der Waals surface area contributed by atoms with E-state index in [1.165, 1.54) is 44.1 Å². The minimum atomic E-state index is 0.927. The standard InChI is InChI=1S/C15H24O/c1-2-3-8-13-16-14-9-7-12-15-10-5-4-6-11-15/h4-6,10-11H,2-3,7-9,12-14H2,1H3. The Balaban J connectivity index is 1.89. The van der Waals surface area contributed by atoms with Crippen LogP contribution in [0.5, 0.6) is 0 Å². The molecule has 1 aromatic carbocycles. The Morgan fingerprint density at radius 3 is 2.25 bits per heavy atom. The SMILES string of the molecule is CCCCCOCCCCc1ccccc1. The predicted octanol–water partition coefficient (Wildman–Crippen LogP) is 4.22. The second-order valence-electron chi connectivity index (χ2n) is 4.26. The molecule has 0 aliphatic rings. The van der Waals surface area contributed by atoms with Crippen molar-refractivity contribution in [3.63, 3.8) is 0 Å². The molecule has 0 aliphatic heterocycles. The number of aryl methyl sites for hydroxylation is 1. The molecule has 1 rings (SSSR count). The molecule has 0 unspecified atom stereocenters. The van der Waals surface area contributed by atoms with Gasteiger partial charge >= 0.3 is 0 Å². The Labute approximate surface area is 99.8 Å². The van der Waals surface area contributed by atoms with Gasteiger partial charge in [0.1, 0.15) is 0 Å². The Morgan fingerprint density at radius 2 is 1.56 bits per heavy atom. The van der Waals surface area contributed by atoms with Crippen LogP contribution < -0.4 is 0 Å². The zero-order valence-electron chi connectivity index (χ0n) is 10.5. The molecule has 0 saturated carbocycles. The van der Waals surface area contributed by atoms with E-state index in [-0.39, 0.29) is 0 Å². The number of hydrogen-bond donors (Lipinski definition) is 0. The van der Waals surface area contributed by atoms with Crippen LogP contribution in [-0.2, 0) is 11.2 Å². The maximum atomic E-state index is 5.57. The van der Waals surface area contributed by atoms with Crippen molar-refractivity contribution in [2.75, 3.05) is 13.2 Å². The molecule has 90 valence electrons. The Bertz CT molecular complexity index is 243. The monoisotopic (exact) mass is 220 g/mol. The van der Waals surface area contributed by atoms with E-state index in [4.69, 9.17) is 4.74 Å². The molecule has 1 aromatic rings. The molecule has 1 heteroatoms. The fraction of sp³-hybridized carbons (Fsp3) is 0.600. The van der Waals surface area contributed by atoms with Gasteiger partial charge in [-0.15, -0.1) is 0 Å². The Hall–Kier alpha value is -0.820. The predicted molar refractivity (Wildman–Crippen MR) is 69.7 cm³/mol. The molecule has 0 bridgehead atoms. The van der Waals surface area contributed by atoms with Gasteiger partial charge in [-0.2, -0.15) is 0 Å². The van der Waals surface area contributed by atoms with Gasteiger partial charge in [0, 0.05) is 13.2 Å². The van der Waals surface area contributed by atoms with Crippen molar-refractivity contribution in [1.82, 2.24) is 0 Å². The molecule has 0 N–H and O–H groups in total. The van der Waals surface area contributed by atoms with Crippen LogP contribution in [0.4, 0.5) is 0 Å². The van der Waals surface area contributed by atoms with Crippen molar-refractivity contribution in [3.8, 4) is 0 Å². The minimum Gasteiger partial charge on any atom is -0.381 e. The molecule has 0 amide bonds. The summed E-state index contributed by atoms with van der Waals surface area (Å²) in [5.41, 5.74) is 1.44. The third-order valence-electron chi connectivity index (χ3n) is 2.74. The average Bonchev–Trinajstić information content (AvgIpc) is 2.34. The third-order valence-corrected chi connectivity index (χ3v) is 2.74. The molecule has 0 fully saturated rings. The van der Waals surface area contributed by atoms with Gasteiger partial charge in [-0.25, -0.2) is 0 Å². The maximum Gasteiger partial charge on any atom is 0.0466 e. The van der Waals surface area contributed by atoms with Gasteiger partial charge in [0.05, 0.1) is 0 Å². The first-order valence-corrected chi connectivity index (χ1v) is 6.55. The van der Waals surface area contributed by atoms with Crippen LogP contribution in [0.3, 0.4) is 0 Å². The van der Waals surface area contributed by atoms with Gasteiger partial charge in [0.25, 0.3) is 0 Å². The van der Waals surface area contributed by atoms with E-state index in [2.05, 4.69) is 37.3 Å². The zero-order chi connectivity index (χ0) is 11.5. The number of benzene rings is 1. The number of rotatable bonds is 9. The van der Waals surface area contributed by atoms with Crippen molar-refractivity contribution in [3.05, 3.63) is 35.9 Å². The molecular formula is C15H24O. The topological polar surface area (TPSA) is 9.23 Å². The van der Waals surface area contributed by atoms with Gasteiger partial charge in [0.2, 0.25) is 0 Å². The number of hydrogen-bond acceptors (Lipinski definition) is 1. The lowest BCUT2D eigenvalue weighted by molar-refractivity contribution is 0.126. The Morgan fingerprint density at radius 1 is 0.875 bits per heavy atom. The van der Waals surface area contributed by atoms with Crippen molar-refractivity contribution in [1.29, 1.82) is 0 Å². The summed E-state index contributed by atoms with van der Waals surface area (Å²) in [5, 5.41) is 0. The van der Waals surface area contributed by atoms with Crippen molar-refractivity contribution in [2.24, 2.45) is 0 Å². The summed E-state index contributed by atoms with van der Waals surface area (Å²) in [4.78, 5) is 0. The average molecular weight is 220 g/mol. The molecule has 0 saturated heterocycles. The van der Waals surface area contributed by atoms with E-state index >= 15 is 0 Å². The van der Waals surface area contributed by atoms with Crippen LogP contribution in [0.1, 0.15) is 44.6 Å². The van der Waals surface area contributed by atoms with Crippen LogP contribution in [0, 0.1) is 0 Å². The summed E-state index contributed by atoms with van der Waals surface area (Å²) in [6.07, 6.45) is 7.38. The van der Waals surface area contributed by atoms with E-state index in [1.807, 2.05) is 0 Å². The molecule has 0 heterocycles. The molecule has 0 aliphatic carbocycles. The second kappa shape index (κ2) is 9.41. The van der Waals surface area contributed by atoms with Crippen LogP contribution in [0.25, 0.3) is 0 Å². The smallest absolute Gasteiger partial charge is 0.0466 e. The third kappa shape index (κ3) is 6.62. The summed E-state index contributed by atoms with van der Waals surface area (Å²) < 4.78 is 5.57. The highest BCUT2D eigenvalue weighted by atomic mass is 16.5. The normalized spacial score (nSPS) is 10.6. The molecule has 0 atom stereocenters. The highest BCUT2D eigenvalue weighted by Gasteiger charge is 1.93. The molecule has 16 heavy (non-hydrogen) atoms. The first kappa shape index (κ1) is 13.2. The lowest BCUT2D eigenvalue weighted by Crippen LogP contribution is -1.97. The van der Waals surface area contributed by atoms with Gasteiger partial charge in [-0.1, -0.05) is 50.1 Å². The maximum absolute atomic E-state index is 5.57. The lowest BCUT2D eigenvalue weighted by atomic mass is 10.1. The second-order valence-corrected chi connectivity index (χ2v) is 4.26. The van der Waals surface area contributed by atoms with E-state index in [0.29, 0.717) is 0 Å².